The summed E-state index contributed by atoms with van der Waals surface area (Å²) in [5, 5.41) is 34.8. The Labute approximate surface area is 195 Å². The van der Waals surface area contributed by atoms with Crippen LogP contribution in [0.15, 0.2) is 12.5 Å². The minimum Gasteiger partial charge on any atom is -0.481 e. The number of carbonyl (C=O) groups is 5. The molecule has 14 nitrogen and oxygen atoms in total. The van der Waals surface area contributed by atoms with Gasteiger partial charge in [0.05, 0.1) is 24.9 Å². The van der Waals surface area contributed by atoms with Crippen LogP contribution in [0.2, 0.25) is 0 Å². The van der Waals surface area contributed by atoms with E-state index in [1.165, 1.54) is 19.4 Å². The number of carboxylic acid groups (broad SMARTS) is 2. The van der Waals surface area contributed by atoms with Gasteiger partial charge in [0.2, 0.25) is 17.7 Å². The molecule has 1 aromatic heterocycles. The fourth-order valence-corrected chi connectivity index (χ4v) is 2.97. The van der Waals surface area contributed by atoms with E-state index >= 15 is 0 Å². The van der Waals surface area contributed by atoms with Crippen LogP contribution in [-0.2, 0) is 30.4 Å². The van der Waals surface area contributed by atoms with Gasteiger partial charge in [0.1, 0.15) is 12.1 Å². The van der Waals surface area contributed by atoms with Crippen LogP contribution in [0.3, 0.4) is 0 Å². The van der Waals surface area contributed by atoms with E-state index < -0.39 is 72.3 Å². The van der Waals surface area contributed by atoms with Gasteiger partial charge in [-0.3, -0.25) is 19.2 Å². The van der Waals surface area contributed by atoms with Gasteiger partial charge in [-0.25, -0.2) is 9.78 Å². The first-order chi connectivity index (χ1) is 15.9. The lowest BCUT2D eigenvalue weighted by atomic mass is 9.97. The standard InChI is InChI=1S/C20H32N6O8/c1-4-9(2)15(25-17(30)12(21)6-14(28)29)19(32)24-13(5-11-7-22-8-23-11)18(31)26-16(10(3)27)20(33)34/h7-10,12-13,15-16,27H,4-6,21H2,1-3H3,(H,22,23)(H,24,32)(H,25,30)(H,26,31)(H,28,29)(H,33,34). The number of amides is 3. The van der Waals surface area contributed by atoms with Crippen LogP contribution in [-0.4, -0.2) is 85.2 Å². The lowest BCUT2D eigenvalue weighted by Crippen LogP contribution is -2.60. The van der Waals surface area contributed by atoms with Gasteiger partial charge in [-0.05, 0) is 12.8 Å². The number of aliphatic hydroxyl groups excluding tert-OH is 1. The Bertz CT molecular complexity index is 859. The van der Waals surface area contributed by atoms with Crippen molar-refractivity contribution in [1.82, 2.24) is 25.9 Å². The van der Waals surface area contributed by atoms with Gasteiger partial charge >= 0.3 is 11.9 Å². The monoisotopic (exact) mass is 484 g/mol. The molecule has 0 aromatic carbocycles. The number of nitrogens with one attached hydrogen (secondary N) is 4. The van der Waals surface area contributed by atoms with Crippen molar-refractivity contribution in [2.45, 2.75) is 70.3 Å². The van der Waals surface area contributed by atoms with Crippen molar-refractivity contribution >= 4 is 29.7 Å². The normalized spacial score (nSPS) is 16.3. The molecule has 0 aliphatic rings. The summed E-state index contributed by atoms with van der Waals surface area (Å²) in [5.41, 5.74) is 6.04. The number of imidazole rings is 1. The summed E-state index contributed by atoms with van der Waals surface area (Å²) in [6.45, 7) is 4.63. The average Bonchev–Trinajstić information content (AvgIpc) is 3.26. The third-order valence-corrected chi connectivity index (χ3v) is 5.18. The zero-order valence-electron chi connectivity index (χ0n) is 19.1. The molecule has 6 atom stereocenters. The van der Waals surface area contributed by atoms with E-state index in [1.807, 2.05) is 0 Å². The van der Waals surface area contributed by atoms with Crippen molar-refractivity contribution in [3.8, 4) is 0 Å². The molecule has 1 heterocycles. The van der Waals surface area contributed by atoms with Crippen LogP contribution in [0.5, 0.6) is 0 Å². The summed E-state index contributed by atoms with van der Waals surface area (Å²) in [5.74, 6) is -5.65. The average molecular weight is 485 g/mol. The first-order valence-electron chi connectivity index (χ1n) is 10.6. The van der Waals surface area contributed by atoms with E-state index in [0.717, 1.165) is 0 Å². The zero-order chi connectivity index (χ0) is 26.0. The Morgan fingerprint density at radius 3 is 2.12 bits per heavy atom. The number of aliphatic carboxylic acids is 2. The summed E-state index contributed by atoms with van der Waals surface area (Å²) in [6.07, 6.45) is 1.08. The molecule has 14 heteroatoms. The van der Waals surface area contributed by atoms with Crippen molar-refractivity contribution in [2.24, 2.45) is 11.7 Å². The van der Waals surface area contributed by atoms with Crippen molar-refractivity contribution in [3.05, 3.63) is 18.2 Å². The van der Waals surface area contributed by atoms with Crippen molar-refractivity contribution in [1.29, 1.82) is 0 Å². The molecule has 0 bridgehead atoms. The number of rotatable bonds is 14. The molecule has 34 heavy (non-hydrogen) atoms. The van der Waals surface area contributed by atoms with Crippen LogP contribution >= 0.6 is 0 Å². The Morgan fingerprint density at radius 2 is 1.65 bits per heavy atom. The van der Waals surface area contributed by atoms with Crippen molar-refractivity contribution in [3.63, 3.8) is 0 Å². The second-order valence-corrected chi connectivity index (χ2v) is 7.98. The number of aromatic nitrogens is 2. The van der Waals surface area contributed by atoms with Gasteiger partial charge in [-0.1, -0.05) is 20.3 Å². The van der Waals surface area contributed by atoms with Crippen molar-refractivity contribution in [2.75, 3.05) is 0 Å². The fraction of sp³-hybridized carbons (Fsp3) is 0.600. The van der Waals surface area contributed by atoms with Gasteiger partial charge in [-0.2, -0.15) is 0 Å². The molecule has 1 aromatic rings. The quantitative estimate of drug-likeness (QED) is 0.141. The van der Waals surface area contributed by atoms with E-state index in [4.69, 9.17) is 10.8 Å². The first-order valence-corrected chi connectivity index (χ1v) is 10.6. The smallest absolute Gasteiger partial charge is 0.328 e. The van der Waals surface area contributed by atoms with Crippen LogP contribution in [0.25, 0.3) is 0 Å². The number of aliphatic hydroxyl groups is 1. The largest absolute Gasteiger partial charge is 0.481 e. The predicted octanol–water partition coefficient (Wildman–Crippen LogP) is -2.28. The highest BCUT2D eigenvalue weighted by molar-refractivity contribution is 5.95. The van der Waals surface area contributed by atoms with Crippen LogP contribution in [0.4, 0.5) is 0 Å². The van der Waals surface area contributed by atoms with E-state index in [2.05, 4.69) is 25.9 Å². The van der Waals surface area contributed by atoms with Gasteiger partial charge in [-0.15, -0.1) is 0 Å². The predicted molar refractivity (Wildman–Crippen MR) is 117 cm³/mol. The Morgan fingerprint density at radius 1 is 1.03 bits per heavy atom. The molecule has 0 aliphatic carbocycles. The van der Waals surface area contributed by atoms with Crippen LogP contribution in [0.1, 0.15) is 39.3 Å². The fourth-order valence-electron chi connectivity index (χ4n) is 2.97. The molecule has 1 rings (SSSR count). The molecule has 0 aliphatic heterocycles. The van der Waals surface area contributed by atoms with E-state index in [1.54, 1.807) is 13.8 Å². The molecule has 9 N–H and O–H groups in total. The number of carbonyl (C=O) groups excluding carboxylic acids is 3. The van der Waals surface area contributed by atoms with Gasteiger partial charge in [0, 0.05) is 18.3 Å². The number of H-pyrrole nitrogens is 1. The summed E-state index contributed by atoms with van der Waals surface area (Å²) in [7, 11) is 0. The molecule has 0 fully saturated rings. The van der Waals surface area contributed by atoms with E-state index in [-0.39, 0.29) is 6.42 Å². The van der Waals surface area contributed by atoms with Gasteiger partial charge in [0.15, 0.2) is 6.04 Å². The molecule has 6 unspecified atom stereocenters. The number of hydrogen-bond donors (Lipinski definition) is 8. The van der Waals surface area contributed by atoms with Gasteiger partial charge < -0.3 is 42.0 Å². The summed E-state index contributed by atoms with van der Waals surface area (Å²) in [4.78, 5) is 67.0. The summed E-state index contributed by atoms with van der Waals surface area (Å²) < 4.78 is 0. The topological polar surface area (TPSA) is 237 Å². The highest BCUT2D eigenvalue weighted by Crippen LogP contribution is 2.10. The van der Waals surface area contributed by atoms with Crippen molar-refractivity contribution < 1.29 is 39.3 Å². The molecule has 3 amide bonds. The Kier molecular flexibility index (Phi) is 11.1. The highest BCUT2D eigenvalue weighted by Gasteiger charge is 2.34. The second-order valence-electron chi connectivity index (χ2n) is 7.98. The maximum atomic E-state index is 13.1. The lowest BCUT2D eigenvalue weighted by molar-refractivity contribution is -0.145. The molecule has 0 radical (unpaired) electrons. The third-order valence-electron chi connectivity index (χ3n) is 5.18. The minimum atomic E-state index is -1.62. The maximum Gasteiger partial charge on any atom is 0.328 e. The zero-order valence-corrected chi connectivity index (χ0v) is 19.1. The highest BCUT2D eigenvalue weighted by atomic mass is 16.4. The molecule has 0 spiro atoms. The number of nitrogens with zero attached hydrogens (tertiary/aromatic N) is 1. The Hall–Kier alpha value is -3.52. The lowest BCUT2D eigenvalue weighted by Gasteiger charge is -2.28. The van der Waals surface area contributed by atoms with Gasteiger partial charge in [0.25, 0.3) is 0 Å². The summed E-state index contributed by atoms with van der Waals surface area (Å²) >= 11 is 0. The second kappa shape index (κ2) is 13.3. The number of nitrogens with two attached hydrogens (primary N) is 1. The first kappa shape index (κ1) is 28.5. The van der Waals surface area contributed by atoms with Crippen LogP contribution in [0, 0.1) is 5.92 Å². The molecule has 0 saturated carbocycles. The molecular weight excluding hydrogens is 452 g/mol. The number of aromatic amines is 1. The number of hydrogen-bond acceptors (Lipinski definition) is 8. The Balaban J connectivity index is 3.09. The van der Waals surface area contributed by atoms with Crippen LogP contribution < -0.4 is 21.7 Å². The minimum absolute atomic E-state index is 0.0938. The third kappa shape index (κ3) is 8.78. The van der Waals surface area contributed by atoms with E-state index in [0.29, 0.717) is 12.1 Å². The molecule has 190 valence electrons. The summed E-state index contributed by atoms with van der Waals surface area (Å²) in [6, 6.07) is -5.44. The van der Waals surface area contributed by atoms with E-state index in [9.17, 15) is 34.2 Å². The maximum absolute atomic E-state index is 13.1. The molecular formula is C20H32N6O8. The SMILES string of the molecule is CCC(C)C(NC(=O)C(N)CC(=O)O)C(=O)NC(Cc1cnc[nH]1)C(=O)NC(C(=O)O)C(C)O. The number of carboxylic acids is 2. The molecule has 0 saturated heterocycles.